The lowest BCUT2D eigenvalue weighted by molar-refractivity contribution is -0.158. The lowest BCUT2D eigenvalue weighted by Gasteiger charge is -2.50. The van der Waals surface area contributed by atoms with Gasteiger partial charge in [0.05, 0.1) is 5.70 Å². The van der Waals surface area contributed by atoms with Crippen LogP contribution < -0.4 is 0 Å². The highest BCUT2D eigenvalue weighted by molar-refractivity contribution is 8.23. The van der Waals surface area contributed by atoms with E-state index in [9.17, 15) is 18.0 Å². The van der Waals surface area contributed by atoms with Crippen LogP contribution >= 0.6 is 47.0 Å². The van der Waals surface area contributed by atoms with E-state index in [0.29, 0.717) is 11.1 Å². The summed E-state index contributed by atoms with van der Waals surface area (Å²) in [5.74, 6) is -0.752. The summed E-state index contributed by atoms with van der Waals surface area (Å²) >= 11 is 5.51. The number of sulfone groups is 1. The van der Waals surface area contributed by atoms with Gasteiger partial charge in [-0.05, 0) is 19.4 Å². The molecule has 0 spiro atoms. The highest BCUT2D eigenvalue weighted by Gasteiger charge is 2.63. The Morgan fingerprint density at radius 3 is 2.28 bits per heavy atom. The Balaban J connectivity index is 1.61. The van der Waals surface area contributed by atoms with Gasteiger partial charge in [0.15, 0.2) is 30.7 Å². The number of amides is 1. The fourth-order valence-corrected chi connectivity index (χ4v) is 12.4. The SMILES string of the molecule is CO[C@H]1C(=O)N2C(C(=O)c3ccccc3)=C(CSC3N=NC(C)S3)[C@@H](SC3N=NC(C)S3)S(=O)(=O)C12. The quantitative estimate of drug-likeness (QED) is 0.326. The minimum absolute atomic E-state index is 0.00255. The second kappa shape index (κ2) is 10.4. The molecule has 4 aliphatic heterocycles. The third-order valence-electron chi connectivity index (χ3n) is 5.86. The number of β-lactam (4-membered cyclic amide) rings is 1. The van der Waals surface area contributed by atoms with Gasteiger partial charge in [-0.25, -0.2) is 8.42 Å². The van der Waals surface area contributed by atoms with Crippen LogP contribution in [-0.2, 0) is 19.4 Å². The van der Waals surface area contributed by atoms with Crippen LogP contribution in [0.5, 0.6) is 0 Å². The molecule has 0 aliphatic carbocycles. The van der Waals surface area contributed by atoms with E-state index in [0.717, 1.165) is 16.7 Å². The molecule has 15 heteroatoms. The highest BCUT2D eigenvalue weighted by Crippen LogP contribution is 2.50. The van der Waals surface area contributed by atoms with Crippen LogP contribution in [0.2, 0.25) is 0 Å². The number of thioether (sulfide) groups is 4. The van der Waals surface area contributed by atoms with Crippen molar-refractivity contribution in [1.82, 2.24) is 4.90 Å². The van der Waals surface area contributed by atoms with Gasteiger partial charge in [0, 0.05) is 18.4 Å². The van der Waals surface area contributed by atoms with Crippen molar-refractivity contribution in [3.05, 3.63) is 47.2 Å². The summed E-state index contributed by atoms with van der Waals surface area (Å²) in [5, 5.41) is 15.4. The normalized spacial score (nSPS) is 34.7. The number of Topliss-reactive ketones (excluding diaryl/α,β-unsaturated/α-hetero) is 1. The minimum atomic E-state index is -3.97. The molecule has 0 radical (unpaired) electrons. The first-order valence-electron chi connectivity index (χ1n) is 11.0. The van der Waals surface area contributed by atoms with E-state index in [1.807, 2.05) is 13.8 Å². The van der Waals surface area contributed by atoms with E-state index in [-0.39, 0.29) is 26.9 Å². The maximum absolute atomic E-state index is 13.9. The number of rotatable bonds is 8. The van der Waals surface area contributed by atoms with E-state index in [1.54, 1.807) is 42.1 Å². The number of hydrogen-bond donors (Lipinski definition) is 0. The highest BCUT2D eigenvalue weighted by atomic mass is 32.3. The molecule has 1 fully saturated rings. The Hall–Kier alpha value is -1.39. The summed E-state index contributed by atoms with van der Waals surface area (Å²) < 4.78 is 31.4. The first-order chi connectivity index (χ1) is 17.2. The zero-order valence-electron chi connectivity index (χ0n) is 19.5. The molecule has 0 N–H and O–H groups in total. The molecule has 192 valence electrons. The van der Waals surface area contributed by atoms with Crippen molar-refractivity contribution in [3.63, 3.8) is 0 Å². The Morgan fingerprint density at radius 1 is 1.06 bits per heavy atom. The molecule has 4 heterocycles. The Kier molecular flexibility index (Phi) is 7.58. The van der Waals surface area contributed by atoms with Gasteiger partial charge in [0.25, 0.3) is 5.91 Å². The second-order valence-electron chi connectivity index (χ2n) is 8.24. The zero-order chi connectivity index (χ0) is 25.6. The number of ether oxygens (including phenoxy) is 1. The van der Waals surface area contributed by atoms with Crippen LogP contribution in [0, 0.1) is 0 Å². The van der Waals surface area contributed by atoms with Crippen LogP contribution in [-0.4, -0.2) is 74.1 Å². The van der Waals surface area contributed by atoms with Gasteiger partial charge in [-0.3, -0.25) is 14.5 Å². The predicted octanol–water partition coefficient (Wildman–Crippen LogP) is 4.18. The number of fused-ring (bicyclic) bond motifs is 1. The van der Waals surface area contributed by atoms with Crippen molar-refractivity contribution >= 4 is 68.6 Å². The number of azo groups is 2. The van der Waals surface area contributed by atoms with Gasteiger partial charge in [0.1, 0.15) is 15.3 Å². The van der Waals surface area contributed by atoms with Crippen LogP contribution in [0.15, 0.2) is 62.1 Å². The van der Waals surface area contributed by atoms with Crippen LogP contribution in [0.25, 0.3) is 0 Å². The molecular formula is C21H23N5O5S5. The molecule has 5 unspecified atom stereocenters. The van der Waals surface area contributed by atoms with Gasteiger partial charge in [0.2, 0.25) is 5.78 Å². The molecule has 1 aromatic carbocycles. The topological polar surface area (TPSA) is 130 Å². The van der Waals surface area contributed by atoms with Gasteiger partial charge in [-0.2, -0.15) is 20.5 Å². The molecule has 7 atom stereocenters. The maximum Gasteiger partial charge on any atom is 0.260 e. The van der Waals surface area contributed by atoms with Gasteiger partial charge in [-0.15, -0.1) is 11.8 Å². The van der Waals surface area contributed by atoms with E-state index in [4.69, 9.17) is 4.74 Å². The number of ketones is 1. The summed E-state index contributed by atoms with van der Waals surface area (Å²) in [6.45, 7) is 3.82. The predicted molar refractivity (Wildman–Crippen MR) is 143 cm³/mol. The maximum atomic E-state index is 13.9. The van der Waals surface area contributed by atoms with Crippen molar-refractivity contribution in [2.24, 2.45) is 20.5 Å². The Labute approximate surface area is 225 Å². The summed E-state index contributed by atoms with van der Waals surface area (Å²) in [4.78, 5) is 28.0. The molecule has 0 saturated carbocycles. The van der Waals surface area contributed by atoms with Gasteiger partial charge in [-0.1, -0.05) is 65.6 Å². The fraction of sp³-hybridized carbons (Fsp3) is 0.524. The average Bonchev–Trinajstić information content (AvgIpc) is 3.47. The zero-order valence-corrected chi connectivity index (χ0v) is 23.5. The van der Waals surface area contributed by atoms with Crippen LogP contribution in [0.3, 0.4) is 0 Å². The Morgan fingerprint density at radius 2 is 1.69 bits per heavy atom. The van der Waals surface area contributed by atoms with Crippen molar-refractivity contribution in [1.29, 1.82) is 0 Å². The van der Waals surface area contributed by atoms with Crippen molar-refractivity contribution in [2.45, 2.75) is 50.1 Å². The van der Waals surface area contributed by atoms with Crippen LogP contribution in [0.1, 0.15) is 24.2 Å². The van der Waals surface area contributed by atoms with E-state index >= 15 is 0 Å². The monoisotopic (exact) mass is 585 g/mol. The molecule has 1 saturated heterocycles. The summed E-state index contributed by atoms with van der Waals surface area (Å²) in [7, 11) is -2.67. The molecule has 0 bridgehead atoms. The molecule has 1 amide bonds. The van der Waals surface area contributed by atoms with Crippen molar-refractivity contribution in [2.75, 3.05) is 12.9 Å². The molecule has 0 aromatic heterocycles. The lowest BCUT2D eigenvalue weighted by Crippen LogP contribution is -2.71. The summed E-state index contributed by atoms with van der Waals surface area (Å²) in [6, 6.07) is 8.57. The average molecular weight is 586 g/mol. The molecular weight excluding hydrogens is 563 g/mol. The molecule has 1 aromatic rings. The van der Waals surface area contributed by atoms with E-state index in [1.165, 1.54) is 30.6 Å². The third-order valence-corrected chi connectivity index (χ3v) is 13.8. The number of methoxy groups -OCH3 is 1. The fourth-order valence-electron chi connectivity index (χ4n) is 4.22. The third kappa shape index (κ3) is 4.66. The number of carbonyl (C=O) groups is 2. The molecule has 4 aliphatic rings. The summed E-state index contributed by atoms with van der Waals surface area (Å²) in [6.07, 6.45) is -1.16. The molecule has 36 heavy (non-hydrogen) atoms. The largest absolute Gasteiger partial charge is 0.368 e. The molecule has 5 rings (SSSR count). The second-order valence-corrected chi connectivity index (χ2v) is 16.3. The van der Waals surface area contributed by atoms with Crippen molar-refractivity contribution < 1.29 is 22.7 Å². The van der Waals surface area contributed by atoms with E-state index in [2.05, 4.69) is 20.5 Å². The standard InChI is InChI=1S/C21H23N5O5S5/c1-10-22-24-20(33-10)32-9-13-14(15(27)12-7-5-4-6-8-12)26-17(28)16(31-3)18(26)36(29,30)19(13)35-21-25-23-11(2)34-21/h4-8,10-11,16,18-21H,9H2,1-3H3/t10?,11?,16-,18?,19-,20?,21?/m0/s1. The molecule has 10 nitrogen and oxygen atoms in total. The van der Waals surface area contributed by atoms with E-state index < -0.39 is 42.3 Å². The smallest absolute Gasteiger partial charge is 0.260 e. The van der Waals surface area contributed by atoms with Gasteiger partial charge >= 0.3 is 0 Å². The minimum Gasteiger partial charge on any atom is -0.368 e. The van der Waals surface area contributed by atoms with Crippen LogP contribution in [0.4, 0.5) is 0 Å². The number of nitrogens with zero attached hydrogens (tertiary/aromatic N) is 5. The number of allylic oxidation sites excluding steroid dienone is 1. The number of benzene rings is 1. The lowest BCUT2D eigenvalue weighted by atomic mass is 9.99. The van der Waals surface area contributed by atoms with Gasteiger partial charge < -0.3 is 4.74 Å². The first kappa shape index (κ1) is 26.2. The van der Waals surface area contributed by atoms with Crippen molar-refractivity contribution in [3.8, 4) is 0 Å². The summed E-state index contributed by atoms with van der Waals surface area (Å²) in [5.41, 5.74) is 0.839. The Bertz CT molecular complexity index is 1260. The first-order valence-corrected chi connectivity index (χ1v) is 16.5. The number of carbonyl (C=O) groups excluding carboxylic acids is 2. The number of hydrogen-bond acceptors (Lipinski definition) is 13.